The van der Waals surface area contributed by atoms with Gasteiger partial charge < -0.3 is 10.2 Å². The van der Waals surface area contributed by atoms with E-state index in [4.69, 9.17) is 10.2 Å². The first-order valence-corrected chi connectivity index (χ1v) is 4.91. The molecule has 0 fully saturated rings. The fourth-order valence-electron chi connectivity index (χ4n) is 1.23. The van der Waals surface area contributed by atoms with Crippen LogP contribution in [-0.4, -0.2) is 35.5 Å². The van der Waals surface area contributed by atoms with Gasteiger partial charge in [0.25, 0.3) is 0 Å². The molecule has 1 unspecified atom stereocenters. The van der Waals surface area contributed by atoms with E-state index in [0.717, 1.165) is 0 Å². The molecule has 0 saturated heterocycles. The third kappa shape index (κ3) is 5.07. The second-order valence-electron chi connectivity index (χ2n) is 3.66. The molecule has 16 heavy (non-hydrogen) atoms. The molecule has 0 aliphatic rings. The number of hydrogen-bond acceptors (Lipinski definition) is 2. The normalized spacial score (nSPS) is 15.2. The summed E-state index contributed by atoms with van der Waals surface area (Å²) in [5.74, 6) is -5.33. The number of aliphatic hydroxyl groups is 2. The summed E-state index contributed by atoms with van der Waals surface area (Å²) in [4.78, 5) is 0. The van der Waals surface area contributed by atoms with E-state index in [9.17, 15) is 22.0 Å². The van der Waals surface area contributed by atoms with Crippen molar-refractivity contribution in [2.24, 2.45) is 5.92 Å². The quantitative estimate of drug-likeness (QED) is 0.681. The molecule has 0 spiro atoms. The maximum absolute atomic E-state index is 12.5. The third-order valence-corrected chi connectivity index (χ3v) is 2.31. The molecule has 0 amide bonds. The minimum Gasteiger partial charge on any atom is -0.396 e. The van der Waals surface area contributed by atoms with E-state index in [2.05, 4.69) is 0 Å². The Morgan fingerprint density at radius 3 is 1.88 bits per heavy atom. The fourth-order valence-corrected chi connectivity index (χ4v) is 1.23. The Morgan fingerprint density at radius 1 is 0.938 bits per heavy atom. The highest BCUT2D eigenvalue weighted by Gasteiger charge is 2.56. The van der Waals surface area contributed by atoms with Gasteiger partial charge in [-0.1, -0.05) is 0 Å². The topological polar surface area (TPSA) is 40.5 Å². The van der Waals surface area contributed by atoms with Crippen LogP contribution in [0.4, 0.5) is 22.0 Å². The fraction of sp³-hybridized carbons (Fsp3) is 1.00. The van der Waals surface area contributed by atoms with Gasteiger partial charge in [0.1, 0.15) is 0 Å². The summed E-state index contributed by atoms with van der Waals surface area (Å²) in [6, 6.07) is 0. The van der Waals surface area contributed by atoms with E-state index in [0.29, 0.717) is 0 Å². The lowest BCUT2D eigenvalue weighted by Gasteiger charge is -2.21. The predicted molar refractivity (Wildman–Crippen MR) is 47.1 cm³/mol. The number of alkyl halides is 5. The molecule has 0 heterocycles. The molecule has 0 radical (unpaired) electrons. The van der Waals surface area contributed by atoms with Crippen molar-refractivity contribution in [2.45, 2.75) is 37.8 Å². The van der Waals surface area contributed by atoms with Gasteiger partial charge in [-0.3, -0.25) is 0 Å². The standard InChI is InChI=1S/C9H15F5O2/c10-8(11,9(12,13)14)4-3-7(6-16)2-1-5-15/h7,15-16H,1-6H2. The summed E-state index contributed by atoms with van der Waals surface area (Å²) in [6.07, 6.45) is -6.76. The van der Waals surface area contributed by atoms with E-state index in [1.54, 1.807) is 0 Å². The maximum Gasteiger partial charge on any atom is 0.453 e. The summed E-state index contributed by atoms with van der Waals surface area (Å²) in [6.45, 7) is -0.625. The SMILES string of the molecule is OCCCC(CO)CCC(F)(F)C(F)(F)F. The van der Waals surface area contributed by atoms with Crippen LogP contribution in [0.15, 0.2) is 0 Å². The average Bonchev–Trinajstić information content (AvgIpc) is 2.16. The van der Waals surface area contributed by atoms with E-state index in [1.807, 2.05) is 0 Å². The van der Waals surface area contributed by atoms with Gasteiger partial charge >= 0.3 is 12.1 Å². The molecule has 1 atom stereocenters. The second kappa shape index (κ2) is 6.34. The number of halogens is 5. The van der Waals surface area contributed by atoms with Gasteiger partial charge in [0.2, 0.25) is 0 Å². The minimum atomic E-state index is -5.54. The third-order valence-electron chi connectivity index (χ3n) is 2.31. The molecule has 0 bridgehead atoms. The van der Waals surface area contributed by atoms with E-state index >= 15 is 0 Å². The van der Waals surface area contributed by atoms with Crippen LogP contribution < -0.4 is 0 Å². The lowest BCUT2D eigenvalue weighted by atomic mass is 9.96. The highest BCUT2D eigenvalue weighted by Crippen LogP contribution is 2.39. The minimum absolute atomic E-state index is 0.174. The molecule has 2 nitrogen and oxygen atoms in total. The van der Waals surface area contributed by atoms with Crippen LogP contribution in [0.1, 0.15) is 25.7 Å². The lowest BCUT2D eigenvalue weighted by Crippen LogP contribution is -2.36. The first kappa shape index (κ1) is 15.6. The average molecular weight is 250 g/mol. The lowest BCUT2D eigenvalue weighted by molar-refractivity contribution is -0.285. The summed E-state index contributed by atoms with van der Waals surface area (Å²) in [5, 5.41) is 17.2. The summed E-state index contributed by atoms with van der Waals surface area (Å²) >= 11 is 0. The zero-order valence-corrected chi connectivity index (χ0v) is 8.60. The molecule has 7 heteroatoms. The molecular formula is C9H15F5O2. The molecule has 0 aromatic rings. The molecular weight excluding hydrogens is 235 g/mol. The van der Waals surface area contributed by atoms with E-state index in [-0.39, 0.29) is 19.4 Å². The number of hydrogen-bond donors (Lipinski definition) is 2. The van der Waals surface area contributed by atoms with Crippen LogP contribution in [0.3, 0.4) is 0 Å². The summed E-state index contributed by atoms with van der Waals surface area (Å²) in [7, 11) is 0. The Balaban J connectivity index is 4.10. The van der Waals surface area contributed by atoms with Gasteiger partial charge in [0, 0.05) is 19.6 Å². The van der Waals surface area contributed by atoms with Gasteiger partial charge in [-0.05, 0) is 25.2 Å². The Labute approximate surface area is 90.1 Å². The molecule has 0 aliphatic carbocycles. The van der Waals surface area contributed by atoms with Crippen LogP contribution in [0, 0.1) is 5.92 Å². The Bertz CT molecular complexity index is 193. The van der Waals surface area contributed by atoms with Crippen molar-refractivity contribution in [3.63, 3.8) is 0 Å². The van der Waals surface area contributed by atoms with Crippen molar-refractivity contribution < 1.29 is 32.2 Å². The van der Waals surface area contributed by atoms with E-state index < -0.39 is 37.5 Å². The van der Waals surface area contributed by atoms with Crippen molar-refractivity contribution in [2.75, 3.05) is 13.2 Å². The number of rotatable bonds is 7. The zero-order valence-electron chi connectivity index (χ0n) is 8.60. The van der Waals surface area contributed by atoms with Crippen LogP contribution in [-0.2, 0) is 0 Å². The first-order valence-electron chi connectivity index (χ1n) is 4.91. The molecule has 0 saturated carbocycles. The molecule has 98 valence electrons. The van der Waals surface area contributed by atoms with Crippen LogP contribution in [0.25, 0.3) is 0 Å². The van der Waals surface area contributed by atoms with Crippen molar-refractivity contribution in [1.29, 1.82) is 0 Å². The Morgan fingerprint density at radius 2 is 1.50 bits per heavy atom. The van der Waals surface area contributed by atoms with Gasteiger partial charge in [-0.2, -0.15) is 22.0 Å². The highest BCUT2D eigenvalue weighted by atomic mass is 19.4. The summed E-state index contributed by atoms with van der Waals surface area (Å²) in [5.41, 5.74) is 0. The largest absolute Gasteiger partial charge is 0.453 e. The summed E-state index contributed by atoms with van der Waals surface area (Å²) < 4.78 is 60.3. The Hall–Kier alpha value is -0.430. The van der Waals surface area contributed by atoms with E-state index in [1.165, 1.54) is 0 Å². The van der Waals surface area contributed by atoms with Crippen LogP contribution >= 0.6 is 0 Å². The first-order chi connectivity index (χ1) is 7.24. The number of aliphatic hydroxyl groups excluding tert-OH is 2. The highest BCUT2D eigenvalue weighted by molar-refractivity contribution is 4.77. The molecule has 0 aromatic carbocycles. The molecule has 0 aromatic heterocycles. The van der Waals surface area contributed by atoms with Crippen LogP contribution in [0.5, 0.6) is 0 Å². The smallest absolute Gasteiger partial charge is 0.396 e. The molecule has 2 N–H and O–H groups in total. The van der Waals surface area contributed by atoms with Gasteiger partial charge in [0.15, 0.2) is 0 Å². The predicted octanol–water partition coefficient (Wildman–Crippen LogP) is 2.35. The Kier molecular flexibility index (Phi) is 6.17. The van der Waals surface area contributed by atoms with Gasteiger partial charge in [-0.25, -0.2) is 0 Å². The van der Waals surface area contributed by atoms with Crippen molar-refractivity contribution in [3.8, 4) is 0 Å². The second-order valence-corrected chi connectivity index (χ2v) is 3.66. The van der Waals surface area contributed by atoms with Crippen molar-refractivity contribution >= 4 is 0 Å². The van der Waals surface area contributed by atoms with Gasteiger partial charge in [-0.15, -0.1) is 0 Å². The molecule has 0 rings (SSSR count). The monoisotopic (exact) mass is 250 g/mol. The van der Waals surface area contributed by atoms with Crippen molar-refractivity contribution in [3.05, 3.63) is 0 Å². The zero-order chi connectivity index (χ0) is 12.8. The maximum atomic E-state index is 12.5. The van der Waals surface area contributed by atoms with Crippen molar-refractivity contribution in [1.82, 2.24) is 0 Å². The van der Waals surface area contributed by atoms with Crippen LogP contribution in [0.2, 0.25) is 0 Å². The van der Waals surface area contributed by atoms with Gasteiger partial charge in [0.05, 0.1) is 0 Å². The molecule has 0 aliphatic heterocycles.